The van der Waals surface area contributed by atoms with E-state index in [9.17, 15) is 30.6 Å². The molecule has 24 heavy (non-hydrogen) atoms. The van der Waals surface area contributed by atoms with Gasteiger partial charge in [-0.3, -0.25) is 0 Å². The molecule has 7 N–H and O–H groups in total. The van der Waals surface area contributed by atoms with Gasteiger partial charge in [0.1, 0.15) is 48.8 Å². The minimum Gasteiger partial charge on any atom is -0.394 e. The summed E-state index contributed by atoms with van der Waals surface area (Å²) in [6.07, 6.45) is -14.3. The summed E-state index contributed by atoms with van der Waals surface area (Å²) < 4.78 is 20.6. The van der Waals surface area contributed by atoms with E-state index < -0.39 is 74.6 Å². The molecule has 0 aromatic heterocycles. The molecule has 0 saturated carbocycles. The number of hydrogen-bond acceptors (Lipinski definition) is 11. The second-order valence-corrected chi connectivity index (χ2v) is 5.74. The highest BCUT2D eigenvalue weighted by molar-refractivity contribution is 4.93. The second-order valence-electron chi connectivity index (χ2n) is 5.74. The minimum atomic E-state index is -1.69. The Morgan fingerprint density at radius 1 is 0.708 bits per heavy atom. The van der Waals surface area contributed by atoms with Crippen LogP contribution in [0.1, 0.15) is 0 Å². The number of methoxy groups -OCH3 is 1. The fraction of sp³-hybridized carbons (Fsp3) is 1.00. The number of hydrogen-bond donors (Lipinski definition) is 7. The van der Waals surface area contributed by atoms with Crippen molar-refractivity contribution in [2.45, 2.75) is 61.4 Å². The predicted molar refractivity (Wildman–Crippen MR) is 73.4 cm³/mol. The molecule has 0 unspecified atom stereocenters. The van der Waals surface area contributed by atoms with Crippen LogP contribution in [-0.4, -0.2) is 117 Å². The molecule has 10 atom stereocenters. The monoisotopic (exact) mass is 356 g/mol. The molecule has 0 aromatic rings. The van der Waals surface area contributed by atoms with E-state index in [1.54, 1.807) is 0 Å². The van der Waals surface area contributed by atoms with Gasteiger partial charge in [0.05, 0.1) is 13.2 Å². The molecule has 0 spiro atoms. The number of aliphatic hydroxyl groups excluding tert-OH is 7. The summed E-state index contributed by atoms with van der Waals surface area (Å²) in [5.41, 5.74) is 0. The Morgan fingerprint density at radius 2 is 1.25 bits per heavy atom. The van der Waals surface area contributed by atoms with E-state index in [1.165, 1.54) is 7.11 Å². The van der Waals surface area contributed by atoms with Crippen LogP contribution in [0.5, 0.6) is 0 Å². The summed E-state index contributed by atoms with van der Waals surface area (Å²) in [5.74, 6) is 0. The van der Waals surface area contributed by atoms with Crippen molar-refractivity contribution >= 4 is 0 Å². The maximum absolute atomic E-state index is 10.2. The summed E-state index contributed by atoms with van der Waals surface area (Å²) in [5, 5.41) is 68.0. The number of ether oxygens (including phenoxy) is 4. The van der Waals surface area contributed by atoms with Crippen LogP contribution in [0.2, 0.25) is 0 Å². The van der Waals surface area contributed by atoms with Gasteiger partial charge in [0, 0.05) is 7.11 Å². The first-order chi connectivity index (χ1) is 11.3. The van der Waals surface area contributed by atoms with Gasteiger partial charge in [-0.25, -0.2) is 0 Å². The van der Waals surface area contributed by atoms with Crippen molar-refractivity contribution in [3.8, 4) is 0 Å². The summed E-state index contributed by atoms with van der Waals surface area (Å²) >= 11 is 0. The SMILES string of the molecule is CO[C@H]1O[C@@H](CO)[C@@H](O[C@@H]2O[C@H](CO)[C@@H](O)[C@H](O)[C@@H]2O)[C@@H](O)[C@@H]1O. The van der Waals surface area contributed by atoms with E-state index in [4.69, 9.17) is 24.1 Å². The highest BCUT2D eigenvalue weighted by Crippen LogP contribution is 2.29. The first kappa shape index (κ1) is 19.9. The normalized spacial score (nSPS) is 50.0. The van der Waals surface area contributed by atoms with E-state index in [0.29, 0.717) is 0 Å². The topological polar surface area (TPSA) is 179 Å². The van der Waals surface area contributed by atoms with Crippen LogP contribution in [0.3, 0.4) is 0 Å². The van der Waals surface area contributed by atoms with Crippen molar-refractivity contribution in [1.82, 2.24) is 0 Å². The van der Waals surface area contributed by atoms with Gasteiger partial charge in [0.25, 0.3) is 0 Å². The molecule has 0 aromatic carbocycles. The molecule has 2 rings (SSSR count). The average Bonchev–Trinajstić information content (AvgIpc) is 2.59. The fourth-order valence-corrected chi connectivity index (χ4v) is 2.75. The van der Waals surface area contributed by atoms with Gasteiger partial charge >= 0.3 is 0 Å². The van der Waals surface area contributed by atoms with Crippen molar-refractivity contribution in [3.05, 3.63) is 0 Å². The molecule has 0 aliphatic carbocycles. The zero-order valence-corrected chi connectivity index (χ0v) is 13.0. The lowest BCUT2D eigenvalue weighted by molar-refractivity contribution is -0.357. The first-order valence-corrected chi connectivity index (χ1v) is 7.46. The molecule has 2 aliphatic rings. The van der Waals surface area contributed by atoms with E-state index in [0.717, 1.165) is 0 Å². The molecular formula is C13H24O11. The smallest absolute Gasteiger partial charge is 0.187 e. The van der Waals surface area contributed by atoms with Crippen LogP contribution >= 0.6 is 0 Å². The Kier molecular flexibility index (Phi) is 6.87. The van der Waals surface area contributed by atoms with Gasteiger partial charge in [0.2, 0.25) is 0 Å². The molecule has 142 valence electrons. The zero-order valence-electron chi connectivity index (χ0n) is 13.0. The largest absolute Gasteiger partial charge is 0.394 e. The molecule has 0 radical (unpaired) electrons. The lowest BCUT2D eigenvalue weighted by atomic mass is 9.97. The van der Waals surface area contributed by atoms with Gasteiger partial charge in [0.15, 0.2) is 12.6 Å². The summed E-state index contributed by atoms with van der Waals surface area (Å²) in [4.78, 5) is 0. The van der Waals surface area contributed by atoms with Crippen molar-refractivity contribution in [2.24, 2.45) is 0 Å². The Balaban J connectivity index is 2.12. The molecule has 2 aliphatic heterocycles. The van der Waals surface area contributed by atoms with Crippen LogP contribution in [0.4, 0.5) is 0 Å². The van der Waals surface area contributed by atoms with Crippen molar-refractivity contribution in [1.29, 1.82) is 0 Å². The minimum absolute atomic E-state index is 0.592. The summed E-state index contributed by atoms with van der Waals surface area (Å²) in [6.45, 7) is -1.24. The molecule has 2 heterocycles. The third kappa shape index (κ3) is 3.71. The Hall–Kier alpha value is -0.440. The van der Waals surface area contributed by atoms with Gasteiger partial charge in [-0.1, -0.05) is 0 Å². The Morgan fingerprint density at radius 3 is 1.79 bits per heavy atom. The summed E-state index contributed by atoms with van der Waals surface area (Å²) in [7, 11) is 1.24. The van der Waals surface area contributed by atoms with Gasteiger partial charge in [-0.05, 0) is 0 Å². The lowest BCUT2D eigenvalue weighted by Crippen LogP contribution is -2.64. The molecule has 11 heteroatoms. The predicted octanol–water partition coefficient (Wildman–Crippen LogP) is -4.74. The van der Waals surface area contributed by atoms with Crippen LogP contribution in [0.25, 0.3) is 0 Å². The van der Waals surface area contributed by atoms with Crippen LogP contribution in [0.15, 0.2) is 0 Å². The third-order valence-corrected chi connectivity index (χ3v) is 4.19. The molecule has 2 saturated heterocycles. The van der Waals surface area contributed by atoms with Crippen LogP contribution in [-0.2, 0) is 18.9 Å². The Bertz CT molecular complexity index is 392. The van der Waals surface area contributed by atoms with E-state index in [1.807, 2.05) is 0 Å². The van der Waals surface area contributed by atoms with Gasteiger partial charge in [-0.2, -0.15) is 0 Å². The number of rotatable bonds is 5. The molecular weight excluding hydrogens is 332 g/mol. The average molecular weight is 356 g/mol. The molecule has 0 amide bonds. The van der Waals surface area contributed by atoms with Crippen LogP contribution < -0.4 is 0 Å². The molecule has 2 fully saturated rings. The maximum atomic E-state index is 10.2. The Labute approximate surface area is 137 Å². The zero-order chi connectivity index (χ0) is 18.0. The lowest BCUT2D eigenvalue weighted by Gasteiger charge is -2.45. The van der Waals surface area contributed by atoms with E-state index in [-0.39, 0.29) is 0 Å². The van der Waals surface area contributed by atoms with Crippen molar-refractivity contribution in [2.75, 3.05) is 20.3 Å². The van der Waals surface area contributed by atoms with Crippen LogP contribution in [0, 0.1) is 0 Å². The van der Waals surface area contributed by atoms with Crippen molar-refractivity contribution in [3.63, 3.8) is 0 Å². The molecule has 11 nitrogen and oxygen atoms in total. The van der Waals surface area contributed by atoms with Crippen molar-refractivity contribution < 1.29 is 54.7 Å². The standard InChI is InChI=1S/C13H24O11/c1-21-12-10(20)8(18)11(5(3-15)23-12)24-13-9(19)7(17)6(16)4(2-14)22-13/h4-20H,2-3H2,1H3/t4-,5+,6-,7+,8+,9+,10+,11-,12+,13+/m1/s1. The maximum Gasteiger partial charge on any atom is 0.187 e. The third-order valence-electron chi connectivity index (χ3n) is 4.19. The number of aliphatic hydroxyl groups is 7. The van der Waals surface area contributed by atoms with Gasteiger partial charge < -0.3 is 54.7 Å². The first-order valence-electron chi connectivity index (χ1n) is 7.46. The van der Waals surface area contributed by atoms with E-state index >= 15 is 0 Å². The second kappa shape index (κ2) is 8.29. The molecule has 0 bridgehead atoms. The van der Waals surface area contributed by atoms with E-state index in [2.05, 4.69) is 0 Å². The highest BCUT2D eigenvalue weighted by Gasteiger charge is 2.50. The van der Waals surface area contributed by atoms with Gasteiger partial charge in [-0.15, -0.1) is 0 Å². The quantitative estimate of drug-likeness (QED) is 0.251. The fourth-order valence-electron chi connectivity index (χ4n) is 2.75. The summed E-state index contributed by atoms with van der Waals surface area (Å²) in [6, 6.07) is 0. The highest BCUT2D eigenvalue weighted by atomic mass is 16.7.